The van der Waals surface area contributed by atoms with Crippen LogP contribution in [0.4, 0.5) is 5.69 Å². The lowest BCUT2D eigenvalue weighted by molar-refractivity contribution is -0.142. The monoisotopic (exact) mass is 219 g/mol. The highest BCUT2D eigenvalue weighted by molar-refractivity contribution is 5.73. The second-order valence-corrected chi connectivity index (χ2v) is 3.12. The zero-order chi connectivity index (χ0) is 12.0. The van der Waals surface area contributed by atoms with Gasteiger partial charge in [0.1, 0.15) is 6.07 Å². The standard InChI is InChI=1S/C11H13N3O2/c1-2-16-11(15)6-8-3-4-9(7-12)10(5-8)14-13/h3-5,14H,2,6,13H2,1H3. The van der Waals surface area contributed by atoms with Crippen molar-refractivity contribution >= 4 is 11.7 Å². The van der Waals surface area contributed by atoms with Gasteiger partial charge in [0.15, 0.2) is 0 Å². The molecule has 5 nitrogen and oxygen atoms in total. The van der Waals surface area contributed by atoms with Gasteiger partial charge in [-0.15, -0.1) is 0 Å². The molecule has 0 bridgehead atoms. The third kappa shape index (κ3) is 2.97. The Morgan fingerprint density at radius 3 is 2.94 bits per heavy atom. The van der Waals surface area contributed by atoms with E-state index >= 15 is 0 Å². The SMILES string of the molecule is CCOC(=O)Cc1ccc(C#N)c(NN)c1. The first-order valence-corrected chi connectivity index (χ1v) is 4.86. The number of nitrogen functional groups attached to an aromatic ring is 1. The number of rotatable bonds is 4. The molecule has 0 radical (unpaired) electrons. The molecule has 0 saturated heterocycles. The molecule has 1 aromatic carbocycles. The second-order valence-electron chi connectivity index (χ2n) is 3.12. The van der Waals surface area contributed by atoms with Crippen LogP contribution in [0.2, 0.25) is 0 Å². The van der Waals surface area contributed by atoms with E-state index in [0.29, 0.717) is 17.9 Å². The number of nitrogens with zero attached hydrogens (tertiary/aromatic N) is 1. The van der Waals surface area contributed by atoms with Gasteiger partial charge in [-0.05, 0) is 24.6 Å². The topological polar surface area (TPSA) is 88.1 Å². The van der Waals surface area contributed by atoms with E-state index in [1.807, 2.05) is 6.07 Å². The van der Waals surface area contributed by atoms with Crippen LogP contribution >= 0.6 is 0 Å². The number of carbonyl (C=O) groups is 1. The number of carbonyl (C=O) groups excluding carboxylic acids is 1. The summed E-state index contributed by atoms with van der Waals surface area (Å²) in [5.41, 5.74) is 4.12. The van der Waals surface area contributed by atoms with Crippen LogP contribution in [-0.4, -0.2) is 12.6 Å². The Labute approximate surface area is 93.8 Å². The molecule has 0 unspecified atom stereocenters. The minimum Gasteiger partial charge on any atom is -0.466 e. The van der Waals surface area contributed by atoms with Crippen LogP contribution in [0.3, 0.4) is 0 Å². The summed E-state index contributed by atoms with van der Waals surface area (Å²) in [7, 11) is 0. The summed E-state index contributed by atoms with van der Waals surface area (Å²) in [4.78, 5) is 11.2. The van der Waals surface area contributed by atoms with Crippen molar-refractivity contribution in [1.82, 2.24) is 0 Å². The molecule has 0 aromatic heterocycles. The van der Waals surface area contributed by atoms with Crippen molar-refractivity contribution in [3.8, 4) is 6.07 Å². The molecule has 0 aliphatic rings. The fourth-order valence-corrected chi connectivity index (χ4v) is 1.30. The fraction of sp³-hybridized carbons (Fsp3) is 0.273. The number of nitrogens with two attached hydrogens (primary N) is 1. The molecule has 16 heavy (non-hydrogen) atoms. The molecule has 0 heterocycles. The molecular formula is C11H13N3O2. The third-order valence-corrected chi connectivity index (χ3v) is 2.01. The van der Waals surface area contributed by atoms with Gasteiger partial charge in [0.05, 0.1) is 24.3 Å². The molecule has 5 heteroatoms. The number of nitriles is 1. The van der Waals surface area contributed by atoms with E-state index in [-0.39, 0.29) is 12.4 Å². The maximum absolute atomic E-state index is 11.2. The van der Waals surface area contributed by atoms with E-state index in [1.165, 1.54) is 0 Å². The van der Waals surface area contributed by atoms with Crippen LogP contribution in [0.15, 0.2) is 18.2 Å². The van der Waals surface area contributed by atoms with Crippen molar-refractivity contribution in [1.29, 1.82) is 5.26 Å². The number of benzene rings is 1. The maximum atomic E-state index is 11.2. The zero-order valence-electron chi connectivity index (χ0n) is 8.99. The van der Waals surface area contributed by atoms with Gasteiger partial charge in [0.25, 0.3) is 0 Å². The summed E-state index contributed by atoms with van der Waals surface area (Å²) in [6.07, 6.45) is 0.175. The van der Waals surface area contributed by atoms with E-state index in [9.17, 15) is 4.79 Å². The normalized spacial score (nSPS) is 9.31. The van der Waals surface area contributed by atoms with Gasteiger partial charge >= 0.3 is 5.97 Å². The highest BCUT2D eigenvalue weighted by Crippen LogP contribution is 2.16. The van der Waals surface area contributed by atoms with Crippen molar-refractivity contribution < 1.29 is 9.53 Å². The molecule has 0 amide bonds. The first kappa shape index (κ1) is 12.0. The lowest BCUT2D eigenvalue weighted by Gasteiger charge is -2.06. The van der Waals surface area contributed by atoms with E-state index < -0.39 is 0 Å². The maximum Gasteiger partial charge on any atom is 0.310 e. The highest BCUT2D eigenvalue weighted by Gasteiger charge is 2.07. The summed E-state index contributed by atoms with van der Waals surface area (Å²) in [6.45, 7) is 2.11. The fourth-order valence-electron chi connectivity index (χ4n) is 1.30. The Kier molecular flexibility index (Phi) is 4.30. The third-order valence-electron chi connectivity index (χ3n) is 2.01. The molecular weight excluding hydrogens is 206 g/mol. The number of anilines is 1. The smallest absolute Gasteiger partial charge is 0.310 e. The Balaban J connectivity index is 2.84. The van der Waals surface area contributed by atoms with E-state index in [4.69, 9.17) is 15.8 Å². The molecule has 0 fully saturated rings. The molecule has 0 aliphatic carbocycles. The van der Waals surface area contributed by atoms with Crippen LogP contribution in [-0.2, 0) is 16.0 Å². The van der Waals surface area contributed by atoms with Gasteiger partial charge in [-0.1, -0.05) is 6.07 Å². The van der Waals surface area contributed by atoms with Crippen LogP contribution in [0, 0.1) is 11.3 Å². The van der Waals surface area contributed by atoms with E-state index in [2.05, 4.69) is 5.43 Å². The molecule has 0 saturated carbocycles. The average Bonchev–Trinajstić information content (AvgIpc) is 2.29. The van der Waals surface area contributed by atoms with Crippen molar-refractivity contribution in [2.24, 2.45) is 5.84 Å². The van der Waals surface area contributed by atoms with Crippen LogP contribution < -0.4 is 11.3 Å². The van der Waals surface area contributed by atoms with Crippen LogP contribution in [0.25, 0.3) is 0 Å². The first-order chi connectivity index (χ1) is 7.71. The summed E-state index contributed by atoms with van der Waals surface area (Å²) < 4.78 is 4.82. The Hall–Kier alpha value is -2.06. The number of hydrazine groups is 1. The van der Waals surface area contributed by atoms with E-state index in [0.717, 1.165) is 5.56 Å². The minimum absolute atomic E-state index is 0.175. The summed E-state index contributed by atoms with van der Waals surface area (Å²) in [5.74, 6) is 4.97. The number of hydrogen-bond acceptors (Lipinski definition) is 5. The Morgan fingerprint density at radius 1 is 1.62 bits per heavy atom. The van der Waals surface area contributed by atoms with Crippen molar-refractivity contribution in [3.63, 3.8) is 0 Å². The number of ether oxygens (including phenoxy) is 1. The predicted octanol–water partition coefficient (Wildman–Crippen LogP) is 0.949. The summed E-state index contributed by atoms with van der Waals surface area (Å²) in [5, 5.41) is 8.77. The van der Waals surface area contributed by atoms with E-state index in [1.54, 1.807) is 25.1 Å². The predicted molar refractivity (Wildman–Crippen MR) is 59.3 cm³/mol. The van der Waals surface area contributed by atoms with Crippen molar-refractivity contribution in [2.75, 3.05) is 12.0 Å². The minimum atomic E-state index is -0.296. The highest BCUT2D eigenvalue weighted by atomic mass is 16.5. The van der Waals surface area contributed by atoms with Crippen LogP contribution in [0.1, 0.15) is 18.1 Å². The van der Waals surface area contributed by atoms with Crippen LogP contribution in [0.5, 0.6) is 0 Å². The zero-order valence-corrected chi connectivity index (χ0v) is 8.99. The molecule has 0 spiro atoms. The molecule has 0 aliphatic heterocycles. The second kappa shape index (κ2) is 5.73. The summed E-state index contributed by atoms with van der Waals surface area (Å²) in [6, 6.07) is 6.98. The van der Waals surface area contributed by atoms with Gasteiger partial charge in [-0.2, -0.15) is 5.26 Å². The van der Waals surface area contributed by atoms with Gasteiger partial charge in [-0.3, -0.25) is 10.6 Å². The molecule has 84 valence electrons. The molecule has 1 rings (SSSR count). The lowest BCUT2D eigenvalue weighted by Crippen LogP contribution is -2.11. The quantitative estimate of drug-likeness (QED) is 0.447. The van der Waals surface area contributed by atoms with Gasteiger partial charge in [0.2, 0.25) is 0 Å². The molecule has 3 N–H and O–H groups in total. The van der Waals surface area contributed by atoms with Gasteiger partial charge in [-0.25, -0.2) is 0 Å². The number of hydrogen-bond donors (Lipinski definition) is 2. The Bertz CT molecular complexity index is 424. The first-order valence-electron chi connectivity index (χ1n) is 4.86. The number of esters is 1. The summed E-state index contributed by atoms with van der Waals surface area (Å²) >= 11 is 0. The number of nitrogens with one attached hydrogen (secondary N) is 1. The van der Waals surface area contributed by atoms with Gasteiger partial charge < -0.3 is 10.2 Å². The largest absolute Gasteiger partial charge is 0.466 e. The Morgan fingerprint density at radius 2 is 2.38 bits per heavy atom. The van der Waals surface area contributed by atoms with Gasteiger partial charge in [0, 0.05) is 0 Å². The molecule has 1 aromatic rings. The molecule has 0 atom stereocenters. The lowest BCUT2D eigenvalue weighted by atomic mass is 10.1. The average molecular weight is 219 g/mol. The van der Waals surface area contributed by atoms with Crippen molar-refractivity contribution in [2.45, 2.75) is 13.3 Å². The van der Waals surface area contributed by atoms with Crippen molar-refractivity contribution in [3.05, 3.63) is 29.3 Å².